The Hall–Kier alpha value is -1.11. The first-order valence-corrected chi connectivity index (χ1v) is 8.35. The minimum atomic E-state index is -1.51. The van der Waals surface area contributed by atoms with Crippen LogP contribution in [0.5, 0.6) is 0 Å². The Kier molecular flexibility index (Phi) is 3.67. The quantitative estimate of drug-likeness (QED) is 0.572. The molecule has 1 unspecified atom stereocenters. The molecule has 0 heterocycles. The monoisotopic (exact) mass is 222 g/mol. The Morgan fingerprint density at radius 3 is 2.40 bits per heavy atom. The molecule has 0 saturated heterocycles. The molecule has 1 aromatic carbocycles. The summed E-state index contributed by atoms with van der Waals surface area (Å²) in [6, 6.07) is 6.17. The summed E-state index contributed by atoms with van der Waals surface area (Å²) in [6.07, 6.45) is -1.02. The summed E-state index contributed by atoms with van der Waals surface area (Å²) in [5, 5.41) is 9.67. The van der Waals surface area contributed by atoms with Crippen LogP contribution in [-0.2, 0) is 0 Å². The van der Waals surface area contributed by atoms with E-state index in [-0.39, 0.29) is 5.56 Å². The summed E-state index contributed by atoms with van der Waals surface area (Å²) < 4.78 is 13.2. The summed E-state index contributed by atoms with van der Waals surface area (Å²) in [5.74, 6) is 2.30. The second kappa shape index (κ2) is 4.60. The highest BCUT2D eigenvalue weighted by Crippen LogP contribution is 2.15. The fourth-order valence-corrected chi connectivity index (χ4v) is 1.63. The highest BCUT2D eigenvalue weighted by atomic mass is 28.3. The maximum absolute atomic E-state index is 13.2. The van der Waals surface area contributed by atoms with Crippen LogP contribution in [0.2, 0.25) is 19.6 Å². The molecule has 3 heteroatoms. The lowest BCUT2D eigenvalue weighted by atomic mass is 10.1. The van der Waals surface area contributed by atoms with Gasteiger partial charge in [0, 0.05) is 5.56 Å². The van der Waals surface area contributed by atoms with Gasteiger partial charge in [-0.2, -0.15) is 0 Å². The summed E-state index contributed by atoms with van der Waals surface area (Å²) in [4.78, 5) is 0. The average Bonchev–Trinajstić information content (AvgIpc) is 2.14. The van der Waals surface area contributed by atoms with Gasteiger partial charge in [0.2, 0.25) is 0 Å². The van der Waals surface area contributed by atoms with Crippen molar-refractivity contribution < 1.29 is 9.50 Å². The highest BCUT2D eigenvalue weighted by Gasteiger charge is 2.11. The van der Waals surface area contributed by atoms with E-state index in [4.69, 9.17) is 0 Å². The van der Waals surface area contributed by atoms with Crippen LogP contribution in [0.3, 0.4) is 0 Å². The standard InChI is InChI=1S/C12H15FOSi/c1-15(2,3)9-8-12(14)10-6-4-5-7-11(10)13/h4-7,12,14H,1-3H3. The van der Waals surface area contributed by atoms with E-state index in [1.807, 2.05) is 0 Å². The summed E-state index contributed by atoms with van der Waals surface area (Å²) in [7, 11) is -1.51. The molecule has 0 spiro atoms. The third-order valence-electron chi connectivity index (χ3n) is 1.78. The zero-order chi connectivity index (χ0) is 11.5. The van der Waals surface area contributed by atoms with E-state index in [1.54, 1.807) is 18.2 Å². The van der Waals surface area contributed by atoms with Crippen molar-refractivity contribution in [3.05, 3.63) is 35.6 Å². The molecule has 0 aliphatic rings. The maximum Gasteiger partial charge on any atom is 0.142 e. The van der Waals surface area contributed by atoms with Crippen LogP contribution in [0, 0.1) is 17.3 Å². The largest absolute Gasteiger partial charge is 0.376 e. The molecule has 0 aromatic heterocycles. The first-order valence-electron chi connectivity index (χ1n) is 4.85. The van der Waals surface area contributed by atoms with Gasteiger partial charge in [0.25, 0.3) is 0 Å². The van der Waals surface area contributed by atoms with Gasteiger partial charge in [0.15, 0.2) is 0 Å². The molecular formula is C12H15FOSi. The van der Waals surface area contributed by atoms with Crippen molar-refractivity contribution in [3.63, 3.8) is 0 Å². The fraction of sp³-hybridized carbons (Fsp3) is 0.333. The van der Waals surface area contributed by atoms with E-state index in [0.29, 0.717) is 0 Å². The molecule has 0 saturated carbocycles. The number of benzene rings is 1. The topological polar surface area (TPSA) is 20.2 Å². The van der Waals surface area contributed by atoms with Crippen LogP contribution < -0.4 is 0 Å². The molecule has 1 rings (SSSR count). The molecule has 0 bridgehead atoms. The number of hydrogen-bond acceptors (Lipinski definition) is 1. The molecule has 0 radical (unpaired) electrons. The molecular weight excluding hydrogens is 207 g/mol. The maximum atomic E-state index is 13.2. The van der Waals surface area contributed by atoms with Gasteiger partial charge < -0.3 is 5.11 Å². The zero-order valence-corrected chi connectivity index (χ0v) is 10.2. The molecule has 80 valence electrons. The fourth-order valence-electron chi connectivity index (χ4n) is 1.06. The molecule has 0 fully saturated rings. The Morgan fingerprint density at radius 2 is 1.87 bits per heavy atom. The lowest BCUT2D eigenvalue weighted by Gasteiger charge is -2.07. The van der Waals surface area contributed by atoms with E-state index in [2.05, 4.69) is 31.1 Å². The van der Waals surface area contributed by atoms with Gasteiger partial charge in [0.05, 0.1) is 0 Å². The Balaban J connectivity index is 2.90. The molecule has 1 aromatic rings. The second-order valence-corrected chi connectivity index (χ2v) is 9.19. The SMILES string of the molecule is C[Si](C)(C)C#CC(O)c1ccccc1F. The van der Waals surface area contributed by atoms with Crippen LogP contribution in [-0.4, -0.2) is 13.2 Å². The molecule has 0 aliphatic carbocycles. The van der Waals surface area contributed by atoms with E-state index in [0.717, 1.165) is 0 Å². The van der Waals surface area contributed by atoms with Crippen molar-refractivity contribution in [1.82, 2.24) is 0 Å². The van der Waals surface area contributed by atoms with E-state index in [1.165, 1.54) is 6.07 Å². The van der Waals surface area contributed by atoms with Crippen LogP contribution in [0.25, 0.3) is 0 Å². The van der Waals surface area contributed by atoms with Gasteiger partial charge in [-0.05, 0) is 6.07 Å². The number of hydrogen-bond donors (Lipinski definition) is 1. The number of halogens is 1. The van der Waals surface area contributed by atoms with Gasteiger partial charge in [0.1, 0.15) is 20.0 Å². The lowest BCUT2D eigenvalue weighted by molar-refractivity contribution is 0.233. The molecule has 0 aliphatic heterocycles. The highest BCUT2D eigenvalue weighted by molar-refractivity contribution is 6.83. The van der Waals surface area contributed by atoms with Gasteiger partial charge in [-0.25, -0.2) is 4.39 Å². The van der Waals surface area contributed by atoms with Crippen LogP contribution >= 0.6 is 0 Å². The smallest absolute Gasteiger partial charge is 0.142 e. The van der Waals surface area contributed by atoms with Gasteiger partial charge in [-0.15, -0.1) is 5.54 Å². The molecule has 1 atom stereocenters. The van der Waals surface area contributed by atoms with Gasteiger partial charge in [-0.3, -0.25) is 0 Å². The summed E-state index contributed by atoms with van der Waals surface area (Å²) in [6.45, 7) is 6.23. The van der Waals surface area contributed by atoms with E-state index < -0.39 is 20.0 Å². The Morgan fingerprint density at radius 1 is 1.27 bits per heavy atom. The average molecular weight is 222 g/mol. The Bertz CT molecular complexity index is 398. The first kappa shape index (κ1) is 12.0. The summed E-state index contributed by atoms with van der Waals surface area (Å²) >= 11 is 0. The minimum Gasteiger partial charge on any atom is -0.376 e. The van der Waals surface area contributed by atoms with E-state index >= 15 is 0 Å². The molecule has 0 amide bonds. The predicted octanol–water partition coefficient (Wildman–Crippen LogP) is 2.74. The lowest BCUT2D eigenvalue weighted by Crippen LogP contribution is -2.17. The number of rotatable bonds is 1. The van der Waals surface area contributed by atoms with E-state index in [9.17, 15) is 9.50 Å². The minimum absolute atomic E-state index is 0.253. The van der Waals surface area contributed by atoms with Crippen molar-refractivity contribution in [2.45, 2.75) is 25.7 Å². The van der Waals surface area contributed by atoms with Gasteiger partial charge in [-0.1, -0.05) is 43.8 Å². The molecule has 15 heavy (non-hydrogen) atoms. The zero-order valence-electron chi connectivity index (χ0n) is 9.21. The van der Waals surface area contributed by atoms with Crippen LogP contribution in [0.15, 0.2) is 24.3 Å². The normalized spacial score (nSPS) is 12.9. The third kappa shape index (κ3) is 3.86. The van der Waals surface area contributed by atoms with Crippen molar-refractivity contribution >= 4 is 8.07 Å². The predicted molar refractivity (Wildman–Crippen MR) is 62.5 cm³/mol. The number of aliphatic hydroxyl groups is 1. The Labute approximate surface area is 91.0 Å². The van der Waals surface area contributed by atoms with Crippen LogP contribution in [0.1, 0.15) is 11.7 Å². The third-order valence-corrected chi connectivity index (χ3v) is 2.68. The molecule has 1 N–H and O–H groups in total. The van der Waals surface area contributed by atoms with Gasteiger partial charge >= 0.3 is 0 Å². The number of aliphatic hydroxyl groups excluding tert-OH is 1. The second-order valence-electron chi connectivity index (χ2n) is 4.44. The van der Waals surface area contributed by atoms with Crippen LogP contribution in [0.4, 0.5) is 4.39 Å². The summed E-state index contributed by atoms with van der Waals surface area (Å²) in [5.41, 5.74) is 3.27. The first-order chi connectivity index (χ1) is 6.90. The van der Waals surface area contributed by atoms with Crippen molar-refractivity contribution in [2.75, 3.05) is 0 Å². The van der Waals surface area contributed by atoms with Crippen molar-refractivity contribution in [2.24, 2.45) is 0 Å². The molecule has 1 nitrogen and oxygen atoms in total. The van der Waals surface area contributed by atoms with Crippen molar-refractivity contribution in [3.8, 4) is 11.5 Å². The van der Waals surface area contributed by atoms with Crippen molar-refractivity contribution in [1.29, 1.82) is 0 Å².